The number of hydroxylamine groups is 1. The molecule has 1 rings (SSSR count). The van der Waals surface area contributed by atoms with Crippen LogP contribution in [0.15, 0.2) is 30.3 Å². The largest absolute Gasteiger partial charge is 0.444 e. The van der Waals surface area contributed by atoms with Crippen LogP contribution in [0.25, 0.3) is 0 Å². The van der Waals surface area contributed by atoms with Gasteiger partial charge in [0.2, 0.25) is 0 Å². The number of carbonyl (C=O) groups excluding carboxylic acids is 4. The van der Waals surface area contributed by atoms with Gasteiger partial charge in [0, 0.05) is 0 Å². The highest BCUT2D eigenvalue weighted by molar-refractivity contribution is 5.98. The molecule has 0 aliphatic rings. The molecule has 0 aromatic heterocycles. The summed E-state index contributed by atoms with van der Waals surface area (Å²) in [4.78, 5) is 51.7. The third-order valence-corrected chi connectivity index (χ3v) is 2.90. The van der Waals surface area contributed by atoms with Crippen LogP contribution >= 0.6 is 0 Å². The second-order valence-corrected chi connectivity index (χ2v) is 6.28. The first kappa shape index (κ1) is 20.9. The quantitative estimate of drug-likeness (QED) is 0.700. The molecule has 0 aliphatic carbocycles. The van der Waals surface area contributed by atoms with Crippen molar-refractivity contribution in [2.75, 3.05) is 0 Å². The van der Waals surface area contributed by atoms with Crippen LogP contribution in [0.2, 0.25) is 0 Å². The Hall–Kier alpha value is -3.10. The van der Waals surface area contributed by atoms with Crippen LogP contribution in [0.3, 0.4) is 0 Å². The molecule has 4 amide bonds. The van der Waals surface area contributed by atoms with Crippen LogP contribution in [0, 0.1) is 0 Å². The molecular weight excluding hydrogens is 342 g/mol. The number of ether oxygens (including phenoxy) is 1. The molecule has 3 N–H and O–H groups in total. The van der Waals surface area contributed by atoms with Gasteiger partial charge in [-0.3, -0.25) is 10.1 Å². The second-order valence-electron chi connectivity index (χ2n) is 6.28. The Bertz CT molecular complexity index is 654. The smallest absolute Gasteiger partial charge is 0.408 e. The molecule has 0 aliphatic heterocycles. The van der Waals surface area contributed by atoms with Crippen molar-refractivity contribution in [2.24, 2.45) is 0 Å². The number of carbonyl (C=O) groups is 4. The van der Waals surface area contributed by atoms with Gasteiger partial charge in [-0.15, -0.1) is 0 Å². The average molecular weight is 365 g/mol. The molecule has 1 aromatic rings. The van der Waals surface area contributed by atoms with Crippen LogP contribution in [0.4, 0.5) is 9.59 Å². The normalized spacial score (nSPS) is 11.7. The number of imide groups is 1. The summed E-state index contributed by atoms with van der Waals surface area (Å²) in [5.74, 6) is -1.56. The number of rotatable bonds is 4. The number of nitrogens with one attached hydrogen (secondary N) is 3. The van der Waals surface area contributed by atoms with Gasteiger partial charge in [-0.1, -0.05) is 25.1 Å². The Kier molecular flexibility index (Phi) is 7.57. The van der Waals surface area contributed by atoms with Crippen molar-refractivity contribution >= 4 is 24.0 Å². The number of alkyl carbamates (subject to hydrolysis) is 1. The third kappa shape index (κ3) is 7.65. The molecule has 9 nitrogen and oxygen atoms in total. The van der Waals surface area contributed by atoms with Crippen molar-refractivity contribution in [3.63, 3.8) is 0 Å². The van der Waals surface area contributed by atoms with E-state index in [0.717, 1.165) is 0 Å². The number of amides is 4. The number of hydrogen-bond acceptors (Lipinski definition) is 6. The lowest BCUT2D eigenvalue weighted by Crippen LogP contribution is -2.51. The van der Waals surface area contributed by atoms with Crippen molar-refractivity contribution in [1.82, 2.24) is 16.1 Å². The topological polar surface area (TPSA) is 123 Å². The monoisotopic (exact) mass is 365 g/mol. The van der Waals surface area contributed by atoms with E-state index in [0.29, 0.717) is 0 Å². The summed E-state index contributed by atoms with van der Waals surface area (Å²) in [6, 6.07) is 5.97. The molecule has 0 saturated heterocycles. The Morgan fingerprint density at radius 2 is 1.69 bits per heavy atom. The zero-order valence-corrected chi connectivity index (χ0v) is 15.1. The highest BCUT2D eigenvalue weighted by Gasteiger charge is 2.24. The second kappa shape index (κ2) is 9.40. The summed E-state index contributed by atoms with van der Waals surface area (Å²) in [7, 11) is 0. The summed E-state index contributed by atoms with van der Waals surface area (Å²) in [6.45, 7) is 6.70. The highest BCUT2D eigenvalue weighted by atomic mass is 16.7. The van der Waals surface area contributed by atoms with E-state index in [1.54, 1.807) is 45.9 Å². The van der Waals surface area contributed by atoms with Crippen molar-refractivity contribution in [2.45, 2.75) is 45.8 Å². The van der Waals surface area contributed by atoms with E-state index in [1.165, 1.54) is 12.1 Å². The van der Waals surface area contributed by atoms with Gasteiger partial charge in [0.25, 0.3) is 5.91 Å². The number of urea groups is 1. The molecule has 1 atom stereocenters. The zero-order valence-electron chi connectivity index (χ0n) is 15.1. The predicted octanol–water partition coefficient (Wildman–Crippen LogP) is 1.89. The van der Waals surface area contributed by atoms with Crippen LogP contribution in [0.1, 0.15) is 44.5 Å². The number of hydrogen-bond donors (Lipinski definition) is 3. The van der Waals surface area contributed by atoms with E-state index in [4.69, 9.17) is 4.74 Å². The minimum Gasteiger partial charge on any atom is -0.444 e. The van der Waals surface area contributed by atoms with Gasteiger partial charge in [0.15, 0.2) is 0 Å². The fourth-order valence-electron chi connectivity index (χ4n) is 1.75. The van der Waals surface area contributed by atoms with Crippen molar-refractivity contribution < 1.29 is 28.8 Å². The first-order valence-corrected chi connectivity index (χ1v) is 7.99. The lowest BCUT2D eigenvalue weighted by Gasteiger charge is -2.22. The fraction of sp³-hybridized carbons (Fsp3) is 0.412. The molecule has 26 heavy (non-hydrogen) atoms. The molecule has 0 fully saturated rings. The van der Waals surface area contributed by atoms with Gasteiger partial charge in [-0.2, -0.15) is 5.48 Å². The Morgan fingerprint density at radius 3 is 2.23 bits per heavy atom. The predicted molar refractivity (Wildman–Crippen MR) is 92.0 cm³/mol. The van der Waals surface area contributed by atoms with E-state index >= 15 is 0 Å². The van der Waals surface area contributed by atoms with Crippen molar-refractivity contribution in [3.8, 4) is 0 Å². The van der Waals surface area contributed by atoms with Gasteiger partial charge in [-0.05, 0) is 39.3 Å². The van der Waals surface area contributed by atoms with E-state index in [1.807, 2.05) is 10.8 Å². The Labute approximate surface area is 151 Å². The Balaban J connectivity index is 2.47. The lowest BCUT2D eigenvalue weighted by atomic mass is 10.2. The molecule has 1 unspecified atom stereocenters. The zero-order chi connectivity index (χ0) is 19.7. The average Bonchev–Trinajstić information content (AvgIpc) is 2.56. The Morgan fingerprint density at radius 1 is 1.08 bits per heavy atom. The maximum atomic E-state index is 12.0. The van der Waals surface area contributed by atoms with Crippen LogP contribution in [-0.2, 0) is 14.4 Å². The molecule has 0 spiro atoms. The van der Waals surface area contributed by atoms with Gasteiger partial charge >= 0.3 is 18.1 Å². The fourth-order valence-corrected chi connectivity index (χ4v) is 1.75. The van der Waals surface area contributed by atoms with Crippen LogP contribution in [-0.4, -0.2) is 35.6 Å². The molecular formula is C17H23N3O6. The van der Waals surface area contributed by atoms with Crippen molar-refractivity contribution in [3.05, 3.63) is 35.9 Å². The maximum absolute atomic E-state index is 12.0. The molecule has 0 bridgehead atoms. The summed E-state index contributed by atoms with van der Waals surface area (Å²) < 4.78 is 5.05. The minimum absolute atomic E-state index is 0.224. The van der Waals surface area contributed by atoms with E-state index < -0.39 is 35.6 Å². The molecule has 1 aromatic carbocycles. The SMILES string of the molecule is CCC(NC(=O)OC(C)(C)C)C(=O)NC(=O)NOC(=O)c1ccccc1. The van der Waals surface area contributed by atoms with Crippen molar-refractivity contribution in [1.29, 1.82) is 0 Å². The summed E-state index contributed by atoms with van der Waals surface area (Å²) >= 11 is 0. The lowest BCUT2D eigenvalue weighted by molar-refractivity contribution is -0.122. The highest BCUT2D eigenvalue weighted by Crippen LogP contribution is 2.07. The maximum Gasteiger partial charge on any atom is 0.408 e. The molecule has 0 heterocycles. The minimum atomic E-state index is -1.04. The summed E-state index contributed by atoms with van der Waals surface area (Å²) in [6.07, 6.45) is -0.558. The van der Waals surface area contributed by atoms with Crippen LogP contribution < -0.4 is 16.1 Å². The summed E-state index contributed by atoms with van der Waals surface area (Å²) in [5.41, 5.74) is 1.33. The standard InChI is InChI=1S/C17H23N3O6/c1-5-12(18-16(24)25-17(2,3)4)13(21)19-15(23)20-26-14(22)11-9-7-6-8-10-11/h6-10,12H,5H2,1-4H3,(H,18,24)(H2,19,20,21,23). The van der Waals surface area contributed by atoms with E-state index in [-0.39, 0.29) is 12.0 Å². The van der Waals surface area contributed by atoms with E-state index in [2.05, 4.69) is 10.2 Å². The van der Waals surface area contributed by atoms with Gasteiger partial charge < -0.3 is 14.9 Å². The third-order valence-electron chi connectivity index (χ3n) is 2.90. The van der Waals surface area contributed by atoms with Gasteiger partial charge in [0.1, 0.15) is 11.6 Å². The molecule has 9 heteroatoms. The molecule has 142 valence electrons. The first-order chi connectivity index (χ1) is 12.1. The van der Waals surface area contributed by atoms with Gasteiger partial charge in [0.05, 0.1) is 5.56 Å². The van der Waals surface area contributed by atoms with E-state index in [9.17, 15) is 19.2 Å². The molecule has 0 radical (unpaired) electrons. The summed E-state index contributed by atoms with van der Waals surface area (Å²) in [5, 5.41) is 4.33. The van der Waals surface area contributed by atoms with Crippen LogP contribution in [0.5, 0.6) is 0 Å². The number of benzene rings is 1. The molecule has 0 saturated carbocycles. The first-order valence-electron chi connectivity index (χ1n) is 7.99. The van der Waals surface area contributed by atoms with Gasteiger partial charge in [-0.25, -0.2) is 14.4 Å².